The molecular formula is C44H58F3N5O5S3. The Labute approximate surface area is 358 Å². The second-order valence-corrected chi connectivity index (χ2v) is 21.6. The van der Waals surface area contributed by atoms with Crippen molar-refractivity contribution in [1.29, 1.82) is 0 Å². The molecular weight excluding hydrogens is 832 g/mol. The standard InChI is InChI=1S/C44H58F3N5O5S3/c1-32(2)12-13-34-29-43(3,4)22-20-35(34)30-51-24-26-52(27-25-51)37-16-14-33(15-17-37)42(53)49-60(56,57)39-18-19-40(41(28-39)59(54,55)44(45,46)47)48-36(21-23-50(5)6)31-58-38-10-8-7-9-11-38/h7-11,14-19,28,36,48H,1,12-13,20-27,29-31H2,2-6H3,(H,49,53)/t36-/m1/s1. The van der Waals surface area contributed by atoms with Gasteiger partial charge in [-0.25, -0.2) is 21.6 Å². The predicted molar refractivity (Wildman–Crippen MR) is 236 cm³/mol. The molecule has 1 fully saturated rings. The van der Waals surface area contributed by atoms with Crippen molar-refractivity contribution in [1.82, 2.24) is 14.5 Å². The van der Waals surface area contributed by atoms with Gasteiger partial charge in [0.2, 0.25) is 0 Å². The SMILES string of the molecule is C=C(C)CCC1=C(CN2CCN(c3ccc(C(=O)NS(=O)(=O)c4ccc(N[C@H](CCN(C)C)CSc5ccccc5)c(S(=O)(=O)C(F)(F)F)c4)cc3)CC2)CCC(C)(C)C1. The van der Waals surface area contributed by atoms with Gasteiger partial charge in [0.25, 0.3) is 25.8 Å². The summed E-state index contributed by atoms with van der Waals surface area (Å²) >= 11 is 1.44. The number of sulfone groups is 1. The molecule has 0 spiro atoms. The van der Waals surface area contributed by atoms with Crippen LogP contribution < -0.4 is 14.9 Å². The van der Waals surface area contributed by atoms with Crippen LogP contribution in [0.25, 0.3) is 0 Å². The third kappa shape index (κ3) is 12.8. The Morgan fingerprint density at radius 1 is 0.950 bits per heavy atom. The molecule has 0 radical (unpaired) electrons. The minimum absolute atomic E-state index is 0.0106. The van der Waals surface area contributed by atoms with Gasteiger partial charge in [0.15, 0.2) is 0 Å². The minimum atomic E-state index is -6.02. The quantitative estimate of drug-likeness (QED) is 0.0950. The number of nitrogens with one attached hydrogen (secondary N) is 2. The highest BCUT2D eigenvalue weighted by molar-refractivity contribution is 7.99. The zero-order valence-electron chi connectivity index (χ0n) is 35.1. The van der Waals surface area contributed by atoms with Gasteiger partial charge in [-0.3, -0.25) is 9.69 Å². The normalized spacial score (nSPS) is 17.1. The van der Waals surface area contributed by atoms with Crippen molar-refractivity contribution in [2.75, 3.05) is 69.3 Å². The molecule has 0 aromatic heterocycles. The van der Waals surface area contributed by atoms with Gasteiger partial charge in [-0.1, -0.05) is 48.8 Å². The van der Waals surface area contributed by atoms with E-state index in [0.29, 0.717) is 30.2 Å². The maximum atomic E-state index is 14.0. The van der Waals surface area contributed by atoms with Crippen LogP contribution in [0.1, 0.15) is 69.7 Å². The number of nitrogens with zero attached hydrogens (tertiary/aromatic N) is 3. The van der Waals surface area contributed by atoms with Crippen LogP contribution in [0, 0.1) is 5.41 Å². The van der Waals surface area contributed by atoms with Crippen LogP contribution in [0.5, 0.6) is 0 Å². The van der Waals surface area contributed by atoms with E-state index >= 15 is 0 Å². The Kier molecular flexibility index (Phi) is 15.7. The topological polar surface area (TPSA) is 119 Å². The summed E-state index contributed by atoms with van der Waals surface area (Å²) < 4.78 is 96.7. The molecule has 1 aliphatic carbocycles. The molecule has 10 nitrogen and oxygen atoms in total. The minimum Gasteiger partial charge on any atom is -0.380 e. The number of anilines is 2. The van der Waals surface area contributed by atoms with Crippen molar-refractivity contribution < 1.29 is 34.8 Å². The van der Waals surface area contributed by atoms with Crippen LogP contribution in [0.15, 0.2) is 111 Å². The predicted octanol–water partition coefficient (Wildman–Crippen LogP) is 8.61. The van der Waals surface area contributed by atoms with Crippen molar-refractivity contribution in [2.24, 2.45) is 5.41 Å². The lowest BCUT2D eigenvalue weighted by Gasteiger charge is -2.39. The van der Waals surface area contributed by atoms with E-state index in [9.17, 15) is 34.8 Å². The van der Waals surface area contributed by atoms with Gasteiger partial charge >= 0.3 is 5.51 Å². The summed E-state index contributed by atoms with van der Waals surface area (Å²) in [4.78, 5) is 18.7. The first-order valence-corrected chi connectivity index (χ1v) is 24.1. The molecule has 1 heterocycles. The summed E-state index contributed by atoms with van der Waals surface area (Å²) in [6.45, 7) is 15.6. The van der Waals surface area contributed by atoms with Crippen LogP contribution in [0.2, 0.25) is 0 Å². The van der Waals surface area contributed by atoms with E-state index in [4.69, 9.17) is 0 Å². The van der Waals surface area contributed by atoms with Gasteiger partial charge < -0.3 is 15.1 Å². The summed E-state index contributed by atoms with van der Waals surface area (Å²) in [6.07, 6.45) is 5.92. The molecule has 60 heavy (non-hydrogen) atoms. The average molecular weight is 890 g/mol. The molecule has 5 rings (SSSR count). The lowest BCUT2D eigenvalue weighted by Crippen LogP contribution is -2.47. The van der Waals surface area contributed by atoms with Gasteiger partial charge in [0.05, 0.1) is 10.6 Å². The number of amides is 1. The third-order valence-corrected chi connectivity index (χ3v) is 15.0. The highest BCUT2D eigenvalue weighted by Crippen LogP contribution is 2.41. The van der Waals surface area contributed by atoms with Crippen molar-refractivity contribution >= 4 is 48.9 Å². The first-order valence-electron chi connectivity index (χ1n) is 20.2. The molecule has 1 saturated heterocycles. The summed E-state index contributed by atoms with van der Waals surface area (Å²) in [5, 5.41) is 2.94. The van der Waals surface area contributed by atoms with E-state index in [2.05, 4.69) is 42.5 Å². The number of hydrogen-bond acceptors (Lipinski definition) is 10. The van der Waals surface area contributed by atoms with Crippen molar-refractivity contribution in [3.05, 3.63) is 102 Å². The molecule has 2 aliphatic rings. The van der Waals surface area contributed by atoms with Gasteiger partial charge in [-0.05, 0) is 126 Å². The van der Waals surface area contributed by atoms with E-state index in [1.165, 1.54) is 35.9 Å². The highest BCUT2D eigenvalue weighted by Gasteiger charge is 2.48. The van der Waals surface area contributed by atoms with Crippen LogP contribution in [-0.2, 0) is 19.9 Å². The smallest absolute Gasteiger partial charge is 0.380 e. The summed E-state index contributed by atoms with van der Waals surface area (Å²) in [6, 6.07) is 17.7. The molecule has 2 N–H and O–H groups in total. The first kappa shape index (κ1) is 47.2. The molecule has 1 amide bonds. The van der Waals surface area contributed by atoms with E-state index in [-0.39, 0.29) is 5.56 Å². The highest BCUT2D eigenvalue weighted by atomic mass is 32.2. The molecule has 0 saturated carbocycles. The number of allylic oxidation sites excluding steroid dienone is 2. The fraction of sp³-hybridized carbons (Fsp3) is 0.477. The molecule has 1 atom stereocenters. The van der Waals surface area contributed by atoms with Gasteiger partial charge in [0.1, 0.15) is 4.90 Å². The maximum absolute atomic E-state index is 14.0. The molecule has 0 unspecified atom stereocenters. The van der Waals surface area contributed by atoms with Crippen molar-refractivity contribution in [2.45, 2.75) is 85.5 Å². The van der Waals surface area contributed by atoms with Crippen molar-refractivity contribution in [3.63, 3.8) is 0 Å². The van der Waals surface area contributed by atoms with Gasteiger partial charge in [-0.2, -0.15) is 13.2 Å². The molecule has 1 aliphatic heterocycles. The summed E-state index contributed by atoms with van der Waals surface area (Å²) in [5.74, 6) is -0.634. The number of sulfonamides is 1. The number of thioether (sulfide) groups is 1. The Morgan fingerprint density at radius 2 is 1.62 bits per heavy atom. The Morgan fingerprint density at radius 3 is 2.23 bits per heavy atom. The molecule has 3 aromatic carbocycles. The number of piperazine rings is 1. The number of benzene rings is 3. The monoisotopic (exact) mass is 889 g/mol. The Balaban J connectivity index is 1.26. The molecule has 3 aromatic rings. The fourth-order valence-electron chi connectivity index (χ4n) is 7.46. The fourth-order valence-corrected chi connectivity index (χ4v) is 10.5. The maximum Gasteiger partial charge on any atom is 0.501 e. The number of halogens is 3. The summed E-state index contributed by atoms with van der Waals surface area (Å²) in [5.41, 5.74) is -0.606. The summed E-state index contributed by atoms with van der Waals surface area (Å²) in [7, 11) is -7.16. The molecule has 0 bridgehead atoms. The number of carbonyl (C=O) groups excluding carboxylic acids is 1. The van der Waals surface area contributed by atoms with Crippen LogP contribution >= 0.6 is 11.8 Å². The van der Waals surface area contributed by atoms with E-state index in [1.54, 1.807) is 23.3 Å². The second-order valence-electron chi connectivity index (χ2n) is 16.9. The van der Waals surface area contributed by atoms with E-state index in [0.717, 1.165) is 81.1 Å². The number of alkyl halides is 3. The van der Waals surface area contributed by atoms with Crippen LogP contribution in [0.4, 0.5) is 24.5 Å². The van der Waals surface area contributed by atoms with Crippen LogP contribution in [-0.4, -0.2) is 103 Å². The lowest BCUT2D eigenvalue weighted by atomic mass is 9.73. The van der Waals surface area contributed by atoms with E-state index in [1.807, 2.05) is 54.0 Å². The second kappa shape index (κ2) is 19.9. The molecule has 16 heteroatoms. The average Bonchev–Trinajstić information content (AvgIpc) is 3.19. The Bertz CT molecular complexity index is 2220. The van der Waals surface area contributed by atoms with Crippen molar-refractivity contribution in [3.8, 4) is 0 Å². The van der Waals surface area contributed by atoms with Gasteiger partial charge in [0, 0.05) is 60.7 Å². The number of rotatable bonds is 18. The van der Waals surface area contributed by atoms with Crippen LogP contribution in [0.3, 0.4) is 0 Å². The lowest BCUT2D eigenvalue weighted by molar-refractivity contribution is -0.0435. The first-order chi connectivity index (χ1) is 28.1. The zero-order valence-corrected chi connectivity index (χ0v) is 37.6. The number of hydrogen-bond donors (Lipinski definition) is 2. The zero-order chi connectivity index (χ0) is 43.9. The molecule has 328 valence electrons. The van der Waals surface area contributed by atoms with E-state index < -0.39 is 52.8 Å². The number of carbonyl (C=O) groups is 1. The third-order valence-electron chi connectivity index (χ3n) is 11.0. The largest absolute Gasteiger partial charge is 0.501 e. The van der Waals surface area contributed by atoms with Gasteiger partial charge in [-0.15, -0.1) is 18.3 Å². The Hall–Kier alpha value is -3.83.